The van der Waals surface area contributed by atoms with Gasteiger partial charge in [0.2, 0.25) is 6.79 Å². The van der Waals surface area contributed by atoms with Gasteiger partial charge in [0.15, 0.2) is 21.3 Å². The van der Waals surface area contributed by atoms with Crippen molar-refractivity contribution >= 4 is 9.84 Å². The lowest BCUT2D eigenvalue weighted by Gasteiger charge is -2.08. The number of rotatable bonds is 3. The van der Waals surface area contributed by atoms with Crippen molar-refractivity contribution in [1.29, 1.82) is 0 Å². The van der Waals surface area contributed by atoms with Crippen molar-refractivity contribution in [3.8, 4) is 11.5 Å². The Kier molecular flexibility index (Phi) is 2.57. The van der Waals surface area contributed by atoms with Crippen molar-refractivity contribution in [1.82, 2.24) is 0 Å². The Morgan fingerprint density at radius 1 is 1.37 bits per heavy atom. The first-order chi connectivity index (χ1) is 8.88. The molecule has 1 aliphatic carbocycles. The lowest BCUT2D eigenvalue weighted by Crippen LogP contribution is -2.38. The normalized spacial score (nSPS) is 32.4. The van der Waals surface area contributed by atoms with E-state index in [9.17, 15) is 8.42 Å². The van der Waals surface area contributed by atoms with Crippen LogP contribution in [0.5, 0.6) is 11.5 Å². The van der Waals surface area contributed by atoms with Crippen LogP contribution in [0.1, 0.15) is 11.5 Å². The molecular formula is C12H16N2O4S. The van der Waals surface area contributed by atoms with Crippen molar-refractivity contribution in [2.45, 2.75) is 16.7 Å². The fourth-order valence-corrected chi connectivity index (χ4v) is 4.77. The van der Waals surface area contributed by atoms with E-state index >= 15 is 0 Å². The summed E-state index contributed by atoms with van der Waals surface area (Å²) in [5.74, 6) is 0.994. The number of hydrogen-bond acceptors (Lipinski definition) is 6. The highest BCUT2D eigenvalue weighted by Crippen LogP contribution is 2.54. The van der Waals surface area contributed by atoms with E-state index in [2.05, 4.69) is 0 Å². The van der Waals surface area contributed by atoms with Crippen molar-refractivity contribution in [2.24, 2.45) is 11.5 Å². The average Bonchev–Trinajstić information content (AvgIpc) is 2.77. The quantitative estimate of drug-likeness (QED) is 0.781. The average molecular weight is 284 g/mol. The number of ether oxygens (including phenoxy) is 2. The predicted octanol–water partition coefficient (Wildman–Crippen LogP) is -0.418. The fourth-order valence-electron chi connectivity index (χ4n) is 2.90. The number of benzene rings is 1. The maximum Gasteiger partial charge on any atom is 0.231 e. The van der Waals surface area contributed by atoms with Crippen molar-refractivity contribution < 1.29 is 17.9 Å². The summed E-state index contributed by atoms with van der Waals surface area (Å²) in [4.78, 5) is 0. The van der Waals surface area contributed by atoms with E-state index in [0.29, 0.717) is 11.5 Å². The first-order valence-electron chi connectivity index (χ1n) is 5.95. The molecule has 3 unspecified atom stereocenters. The van der Waals surface area contributed by atoms with E-state index in [1.807, 2.05) is 6.07 Å². The molecule has 1 aliphatic heterocycles. The van der Waals surface area contributed by atoms with Crippen molar-refractivity contribution in [3.05, 3.63) is 23.8 Å². The fraction of sp³-hybridized carbons (Fsp3) is 0.500. The highest BCUT2D eigenvalue weighted by Gasteiger charge is 2.67. The minimum Gasteiger partial charge on any atom is -0.454 e. The highest BCUT2D eigenvalue weighted by atomic mass is 32.2. The molecule has 1 aromatic rings. The summed E-state index contributed by atoms with van der Waals surface area (Å²) in [7, 11) is -3.24. The third-order valence-electron chi connectivity index (χ3n) is 3.87. The molecule has 6 nitrogen and oxygen atoms in total. The molecule has 104 valence electrons. The molecule has 0 bridgehead atoms. The monoisotopic (exact) mass is 284 g/mol. The summed E-state index contributed by atoms with van der Waals surface area (Å²) in [5, 5.41) is -0.634. The molecule has 0 saturated heterocycles. The van der Waals surface area contributed by atoms with Crippen LogP contribution in [0.15, 0.2) is 18.2 Å². The van der Waals surface area contributed by atoms with Crippen LogP contribution in [0.2, 0.25) is 0 Å². The van der Waals surface area contributed by atoms with E-state index < -0.39 is 20.6 Å². The smallest absolute Gasteiger partial charge is 0.231 e. The number of sulfone groups is 1. The first-order valence-corrected chi connectivity index (χ1v) is 7.91. The zero-order valence-electron chi connectivity index (χ0n) is 10.5. The molecule has 1 fully saturated rings. The van der Waals surface area contributed by atoms with Gasteiger partial charge in [0, 0.05) is 18.7 Å². The molecule has 3 rings (SSSR count). The van der Waals surface area contributed by atoms with Gasteiger partial charge in [-0.25, -0.2) is 8.42 Å². The van der Waals surface area contributed by atoms with Crippen molar-refractivity contribution in [3.63, 3.8) is 0 Å². The first kappa shape index (κ1) is 12.7. The van der Waals surface area contributed by atoms with Crippen LogP contribution in [0, 0.1) is 0 Å². The number of fused-ring (bicyclic) bond motifs is 1. The molecule has 1 aromatic carbocycles. The Hall–Kier alpha value is -1.31. The molecule has 1 saturated carbocycles. The molecule has 0 amide bonds. The van der Waals surface area contributed by atoms with Gasteiger partial charge < -0.3 is 20.9 Å². The van der Waals surface area contributed by atoms with E-state index in [4.69, 9.17) is 20.9 Å². The Bertz CT molecular complexity index is 631. The number of nitrogens with two attached hydrogens (primary N) is 2. The lowest BCUT2D eigenvalue weighted by atomic mass is 10.1. The molecule has 0 spiro atoms. The lowest BCUT2D eigenvalue weighted by molar-refractivity contribution is 0.174. The van der Waals surface area contributed by atoms with Crippen LogP contribution < -0.4 is 20.9 Å². The minimum absolute atomic E-state index is 0.129. The van der Waals surface area contributed by atoms with E-state index in [1.54, 1.807) is 12.1 Å². The third-order valence-corrected chi connectivity index (χ3v) is 5.51. The maximum atomic E-state index is 11.8. The summed E-state index contributed by atoms with van der Waals surface area (Å²) in [5.41, 5.74) is 11.7. The molecule has 1 heterocycles. The minimum atomic E-state index is -3.24. The van der Waals surface area contributed by atoms with Crippen LogP contribution in [0.25, 0.3) is 0 Å². The van der Waals surface area contributed by atoms with Crippen LogP contribution in [-0.4, -0.2) is 38.8 Å². The Balaban J connectivity index is 1.99. The highest BCUT2D eigenvalue weighted by molar-refractivity contribution is 7.91. The zero-order chi connectivity index (χ0) is 13.8. The second-order valence-corrected chi connectivity index (χ2v) is 7.32. The SMILES string of the molecule is CS(=O)(=O)C1C(c2ccc3c(c2)OCO3)C1(N)CN. The van der Waals surface area contributed by atoms with Gasteiger partial charge in [0.25, 0.3) is 0 Å². The maximum absolute atomic E-state index is 11.8. The van der Waals surface area contributed by atoms with E-state index in [-0.39, 0.29) is 19.3 Å². The van der Waals surface area contributed by atoms with Gasteiger partial charge in [-0.3, -0.25) is 0 Å². The standard InChI is InChI=1S/C12H16N2O4S/c1-19(15,16)11-10(12(11,14)5-13)7-2-3-8-9(4-7)18-6-17-8/h2-4,10-11H,5-6,13-14H2,1H3. The summed E-state index contributed by atoms with van der Waals surface area (Å²) in [6.07, 6.45) is 1.20. The van der Waals surface area contributed by atoms with Gasteiger partial charge >= 0.3 is 0 Å². The van der Waals surface area contributed by atoms with Gasteiger partial charge in [0.05, 0.1) is 10.8 Å². The molecule has 2 aliphatic rings. The summed E-state index contributed by atoms with van der Waals surface area (Å²) in [6, 6.07) is 5.38. The molecule has 4 N–H and O–H groups in total. The Morgan fingerprint density at radius 3 is 2.63 bits per heavy atom. The third kappa shape index (κ3) is 1.80. The van der Waals surface area contributed by atoms with E-state index in [1.165, 1.54) is 6.26 Å². The van der Waals surface area contributed by atoms with Crippen LogP contribution >= 0.6 is 0 Å². The van der Waals surface area contributed by atoms with Crippen LogP contribution in [0.4, 0.5) is 0 Å². The van der Waals surface area contributed by atoms with Gasteiger partial charge in [-0.15, -0.1) is 0 Å². The van der Waals surface area contributed by atoms with Crippen LogP contribution in [0.3, 0.4) is 0 Å². The predicted molar refractivity (Wildman–Crippen MR) is 69.9 cm³/mol. The summed E-state index contributed by atoms with van der Waals surface area (Å²) < 4.78 is 34.1. The summed E-state index contributed by atoms with van der Waals surface area (Å²) in [6.45, 7) is 0.313. The van der Waals surface area contributed by atoms with Crippen molar-refractivity contribution in [2.75, 3.05) is 19.6 Å². The molecular weight excluding hydrogens is 268 g/mol. The molecule has 3 atom stereocenters. The Morgan fingerprint density at radius 2 is 2.05 bits per heavy atom. The van der Waals surface area contributed by atoms with E-state index in [0.717, 1.165) is 5.56 Å². The topological polar surface area (TPSA) is 105 Å². The van der Waals surface area contributed by atoms with Gasteiger partial charge in [-0.05, 0) is 17.7 Å². The van der Waals surface area contributed by atoms with Gasteiger partial charge in [0.1, 0.15) is 0 Å². The van der Waals surface area contributed by atoms with Gasteiger partial charge in [-0.1, -0.05) is 6.07 Å². The number of hydrogen-bond donors (Lipinski definition) is 2. The summed E-state index contributed by atoms with van der Waals surface area (Å²) >= 11 is 0. The molecule has 19 heavy (non-hydrogen) atoms. The second-order valence-electron chi connectivity index (χ2n) is 5.16. The Labute approximate surface area is 111 Å². The molecule has 7 heteroatoms. The molecule has 0 radical (unpaired) electrons. The largest absolute Gasteiger partial charge is 0.454 e. The molecule has 0 aromatic heterocycles. The zero-order valence-corrected chi connectivity index (χ0v) is 11.3. The van der Waals surface area contributed by atoms with Gasteiger partial charge in [-0.2, -0.15) is 0 Å². The second kappa shape index (κ2) is 3.84. The van der Waals surface area contributed by atoms with Crippen LogP contribution in [-0.2, 0) is 9.84 Å².